The highest BCUT2D eigenvalue weighted by Crippen LogP contribution is 2.73. The number of rotatable bonds is 16. The number of carbonyl (C=O) groups is 10. The van der Waals surface area contributed by atoms with Gasteiger partial charge >= 0.3 is 59.7 Å². The summed E-state index contributed by atoms with van der Waals surface area (Å²) in [6, 6.07) is 6.34. The molecule has 3 saturated heterocycles. The quantitative estimate of drug-likeness (QED) is 0.145. The maximum Gasteiger partial charge on any atom is 0.344 e. The average molecular weight is 1120 g/mol. The fourth-order valence-electron chi connectivity index (χ4n) is 14.1. The first-order valence-electron chi connectivity index (χ1n) is 27.2. The minimum atomic E-state index is -1.42. The number of methoxy groups -OCH3 is 1. The summed E-state index contributed by atoms with van der Waals surface area (Å²) in [4.78, 5) is 122. The highest BCUT2D eigenvalue weighted by atomic mass is 16.6. The van der Waals surface area contributed by atoms with E-state index in [-0.39, 0.29) is 36.5 Å². The molecule has 6 aliphatic carbocycles. The van der Waals surface area contributed by atoms with E-state index in [1.54, 1.807) is 55.4 Å². The average Bonchev–Trinajstić information content (AvgIpc) is 4.28. The van der Waals surface area contributed by atoms with Crippen LogP contribution in [0, 0.1) is 107 Å². The van der Waals surface area contributed by atoms with Crippen LogP contribution in [0.25, 0.3) is 0 Å². The normalized spacial score (nSPS) is 38.3. The number of ether oxygens (including phenoxy) is 10. The van der Waals surface area contributed by atoms with E-state index in [1.165, 1.54) is 7.11 Å². The number of hydrogen-bond donors (Lipinski definition) is 0. The van der Waals surface area contributed by atoms with Gasteiger partial charge in [-0.1, -0.05) is 34.6 Å². The molecular formula is C57H73N3O20. The molecule has 6 saturated carbocycles. The second-order valence-electron chi connectivity index (χ2n) is 25.6. The zero-order valence-corrected chi connectivity index (χ0v) is 48.0. The Bertz CT molecular complexity index is 2810. The van der Waals surface area contributed by atoms with Crippen molar-refractivity contribution in [2.45, 2.75) is 177 Å². The molecule has 3 heterocycles. The summed E-state index contributed by atoms with van der Waals surface area (Å²) in [5.41, 5.74) is -9.83. The van der Waals surface area contributed by atoms with Gasteiger partial charge in [0, 0.05) is 29.1 Å². The molecule has 0 aromatic rings. The van der Waals surface area contributed by atoms with Crippen molar-refractivity contribution < 1.29 is 95.3 Å². The third-order valence-electron chi connectivity index (χ3n) is 20.5. The zero-order valence-electron chi connectivity index (χ0n) is 48.0. The largest absolute Gasteiger partial charge is 0.468 e. The standard InChI is InChI=1S/C19H23NO8.2C19H25NO6/c1-5-17(2,3)14(22)26-7-11(21)27-13-12-10-6-18(13,15(23)25-4)8-19(10,9-20)16(24)28-12;1-6-16(2,3)14(22)24-9-13(21)25-17(4)11-7-12-18(17,5)26-15(23)19(12,8-11)10-20;1-6-17(3,4)15(22)24-8-12(21)25-13-11-7-18(5)14(13)26-16(23)19(18,9-20)10(11)2/h10,12-13H,5-8H2,1-4H3;11-12H,6-9H2,1-5H3;10-11,13-14H,6-8H2,1-5H3. The predicted molar refractivity (Wildman–Crippen MR) is 267 cm³/mol. The molecule has 0 radical (unpaired) electrons. The Labute approximate surface area is 464 Å². The Morgan fingerprint density at radius 1 is 0.662 bits per heavy atom. The van der Waals surface area contributed by atoms with Gasteiger partial charge in [0.2, 0.25) is 0 Å². The van der Waals surface area contributed by atoms with Crippen LogP contribution in [-0.4, -0.2) is 122 Å². The van der Waals surface area contributed by atoms with Gasteiger partial charge < -0.3 is 47.4 Å². The number of nitrogens with zero attached hydrogens (tertiary/aromatic N) is 3. The first kappa shape index (κ1) is 60.8. The molecule has 0 aromatic heterocycles. The van der Waals surface area contributed by atoms with Crippen molar-refractivity contribution in [3.05, 3.63) is 0 Å². The number of esters is 10. The lowest BCUT2D eigenvalue weighted by molar-refractivity contribution is -0.204. The molecule has 6 bridgehead atoms. The first-order chi connectivity index (χ1) is 37.1. The topological polar surface area (TPSA) is 334 Å². The first-order valence-corrected chi connectivity index (χ1v) is 27.2. The maximum absolute atomic E-state index is 12.5. The van der Waals surface area contributed by atoms with E-state index in [1.807, 2.05) is 40.7 Å². The van der Waals surface area contributed by atoms with Crippen molar-refractivity contribution >= 4 is 59.7 Å². The van der Waals surface area contributed by atoms with Gasteiger partial charge in [0.05, 0.1) is 41.6 Å². The molecule has 0 amide bonds. The zero-order chi connectivity index (χ0) is 59.9. The summed E-state index contributed by atoms with van der Waals surface area (Å²) < 4.78 is 53.1. The minimum absolute atomic E-state index is 0.121. The summed E-state index contributed by atoms with van der Waals surface area (Å²) in [5.74, 6) is -7.42. The van der Waals surface area contributed by atoms with Gasteiger partial charge in [0.15, 0.2) is 53.4 Å². The fourth-order valence-corrected chi connectivity index (χ4v) is 14.1. The van der Waals surface area contributed by atoms with E-state index in [9.17, 15) is 63.7 Å². The lowest BCUT2D eigenvalue weighted by atomic mass is 9.60. The Morgan fingerprint density at radius 3 is 1.66 bits per heavy atom. The lowest BCUT2D eigenvalue weighted by Gasteiger charge is -2.44. The molecule has 9 fully saturated rings. The molecule has 23 nitrogen and oxygen atoms in total. The molecule has 23 heteroatoms. The number of fused-ring (bicyclic) bond motifs is 3. The van der Waals surface area contributed by atoms with Crippen LogP contribution in [-0.2, 0) is 95.3 Å². The Kier molecular flexibility index (Phi) is 15.4. The molecule has 16 unspecified atom stereocenters. The van der Waals surface area contributed by atoms with Gasteiger partial charge in [-0.3, -0.25) is 33.6 Å². The fraction of sp³-hybridized carbons (Fsp3) is 0.772. The SMILES string of the molecule is CCC(C)(C)C(=O)OCC(=O)OC1(C)C2CC3C(C#N)(C2)C(=O)OC31C.CCC(C)(C)C(=O)OCC(=O)OC1C2CC3(C)C1OC(=O)C3(C#N)C2C.CCC(C)(C)C(=O)OCC(=O)OC1C2OC(=O)C3(C#N)CC1(C(=O)OC)CC23. The third kappa shape index (κ3) is 8.66. The third-order valence-corrected chi connectivity index (χ3v) is 20.5. The van der Waals surface area contributed by atoms with Crippen molar-refractivity contribution in [2.75, 3.05) is 26.9 Å². The Morgan fingerprint density at radius 2 is 1.18 bits per heavy atom. The molecule has 436 valence electrons. The van der Waals surface area contributed by atoms with E-state index < -0.39 is 164 Å². The summed E-state index contributed by atoms with van der Waals surface area (Å²) in [6.45, 7) is 21.5. The second kappa shape index (κ2) is 20.3. The maximum atomic E-state index is 12.5. The highest BCUT2D eigenvalue weighted by Gasteiger charge is 2.84. The van der Waals surface area contributed by atoms with Crippen molar-refractivity contribution in [3.8, 4) is 18.2 Å². The van der Waals surface area contributed by atoms with E-state index in [0.717, 1.165) is 0 Å². The molecular weight excluding hydrogens is 1050 g/mol. The van der Waals surface area contributed by atoms with Crippen molar-refractivity contribution in [1.29, 1.82) is 15.8 Å². The van der Waals surface area contributed by atoms with Gasteiger partial charge in [0.25, 0.3) is 0 Å². The van der Waals surface area contributed by atoms with Gasteiger partial charge in [0.1, 0.15) is 23.7 Å². The summed E-state index contributed by atoms with van der Waals surface area (Å²) in [6.07, 6.45) is 0.0722. The molecule has 16 atom stereocenters. The van der Waals surface area contributed by atoms with Gasteiger partial charge in [-0.25, -0.2) is 14.4 Å². The number of hydrogen-bond acceptors (Lipinski definition) is 23. The number of nitriles is 3. The molecule has 80 heavy (non-hydrogen) atoms. The van der Waals surface area contributed by atoms with E-state index in [2.05, 4.69) is 12.1 Å². The Hall–Kier alpha value is -6.83. The number of carbonyl (C=O) groups excluding carboxylic acids is 10. The molecule has 9 rings (SSSR count). The van der Waals surface area contributed by atoms with Gasteiger partial charge in [-0.05, 0) is 113 Å². The van der Waals surface area contributed by atoms with Crippen molar-refractivity contribution in [2.24, 2.45) is 72.9 Å². The van der Waals surface area contributed by atoms with Crippen LogP contribution in [0.15, 0.2) is 0 Å². The summed E-state index contributed by atoms with van der Waals surface area (Å²) in [5, 5.41) is 28.7. The van der Waals surface area contributed by atoms with E-state index in [0.29, 0.717) is 38.5 Å². The molecule has 3 aliphatic heterocycles. The van der Waals surface area contributed by atoms with E-state index >= 15 is 0 Å². The highest BCUT2D eigenvalue weighted by molar-refractivity contribution is 5.91. The van der Waals surface area contributed by atoms with Crippen molar-refractivity contribution in [1.82, 2.24) is 0 Å². The summed E-state index contributed by atoms with van der Waals surface area (Å²) in [7, 11) is 1.19. The molecule has 0 spiro atoms. The molecule has 0 aromatic carbocycles. The van der Waals surface area contributed by atoms with Crippen LogP contribution in [0.5, 0.6) is 0 Å². The molecule has 9 aliphatic rings. The lowest BCUT2D eigenvalue weighted by Crippen LogP contribution is -2.58. The smallest absolute Gasteiger partial charge is 0.344 e. The van der Waals surface area contributed by atoms with Crippen LogP contribution in [0.2, 0.25) is 0 Å². The van der Waals surface area contributed by atoms with Crippen molar-refractivity contribution in [3.63, 3.8) is 0 Å². The van der Waals surface area contributed by atoms with Gasteiger partial charge in [-0.15, -0.1) is 0 Å². The predicted octanol–water partition coefficient (Wildman–Crippen LogP) is 5.02. The Balaban J connectivity index is 0.000000174. The van der Waals surface area contributed by atoms with Crippen LogP contribution in [0.4, 0.5) is 0 Å². The monoisotopic (exact) mass is 1120 g/mol. The minimum Gasteiger partial charge on any atom is -0.468 e. The second-order valence-corrected chi connectivity index (χ2v) is 25.6. The van der Waals surface area contributed by atoms with Crippen LogP contribution >= 0.6 is 0 Å². The van der Waals surface area contributed by atoms with Crippen LogP contribution < -0.4 is 0 Å². The van der Waals surface area contributed by atoms with Crippen LogP contribution in [0.1, 0.15) is 141 Å². The van der Waals surface area contributed by atoms with Gasteiger partial charge in [-0.2, -0.15) is 15.8 Å². The summed E-state index contributed by atoms with van der Waals surface area (Å²) >= 11 is 0. The van der Waals surface area contributed by atoms with Crippen LogP contribution in [0.3, 0.4) is 0 Å². The van der Waals surface area contributed by atoms with E-state index in [4.69, 9.17) is 47.4 Å². The molecule has 0 N–H and O–H groups in total.